The molecule has 0 N–H and O–H groups in total. The number of rotatable bonds is 2. The fourth-order valence-electron chi connectivity index (χ4n) is 2.10. The van der Waals surface area contributed by atoms with E-state index in [0.29, 0.717) is 11.8 Å². The Morgan fingerprint density at radius 2 is 1.44 bits per heavy atom. The van der Waals surface area contributed by atoms with E-state index in [0.717, 1.165) is 0 Å². The average molecular weight is 218 g/mol. The Bertz CT molecular complexity index is 351. The van der Waals surface area contributed by atoms with Crippen LogP contribution in [0.4, 0.5) is 0 Å². The van der Waals surface area contributed by atoms with Crippen LogP contribution >= 0.6 is 0 Å². The van der Waals surface area contributed by atoms with Gasteiger partial charge in [0, 0.05) is 0 Å². The second-order valence-electron chi connectivity index (χ2n) is 6.41. The summed E-state index contributed by atoms with van der Waals surface area (Å²) in [7, 11) is 0. The molecule has 0 unspecified atom stereocenters. The molecule has 0 fully saturated rings. The Kier molecular flexibility index (Phi) is 3.83. The molecule has 1 aromatic rings. The number of benzene rings is 1. The Labute approximate surface area is 101 Å². The van der Waals surface area contributed by atoms with E-state index in [9.17, 15) is 0 Å². The summed E-state index contributed by atoms with van der Waals surface area (Å²) in [5, 5.41) is 0. The molecule has 0 aliphatic heterocycles. The molecule has 0 aliphatic carbocycles. The van der Waals surface area contributed by atoms with Gasteiger partial charge in [-0.1, -0.05) is 66.7 Å². The van der Waals surface area contributed by atoms with Crippen LogP contribution < -0.4 is 0 Å². The normalized spacial score (nSPS) is 12.6. The summed E-state index contributed by atoms with van der Waals surface area (Å²) in [6.45, 7) is 16.0. The molecule has 0 saturated carbocycles. The molecule has 0 heteroatoms. The van der Waals surface area contributed by atoms with Crippen molar-refractivity contribution in [2.45, 2.75) is 65.7 Å². The van der Waals surface area contributed by atoms with Crippen LogP contribution in [0.1, 0.15) is 77.0 Å². The van der Waals surface area contributed by atoms with Gasteiger partial charge in [0.1, 0.15) is 0 Å². The van der Waals surface area contributed by atoms with Gasteiger partial charge >= 0.3 is 0 Å². The molecule has 0 heterocycles. The predicted molar refractivity (Wildman–Crippen MR) is 73.3 cm³/mol. The van der Waals surface area contributed by atoms with Crippen molar-refractivity contribution in [1.29, 1.82) is 0 Å². The van der Waals surface area contributed by atoms with E-state index in [-0.39, 0.29) is 5.41 Å². The Morgan fingerprint density at radius 1 is 0.875 bits per heavy atom. The standard InChI is InChI=1S/C16H26/c1-11(2)13-8-9-15(16(5,6)7)14(10-13)12(3)4/h8-12H,1-7H3. The molecule has 1 rings (SSSR count). The monoisotopic (exact) mass is 218 g/mol. The minimum Gasteiger partial charge on any atom is -0.0587 e. The van der Waals surface area contributed by atoms with Crippen LogP contribution in [0.3, 0.4) is 0 Å². The van der Waals surface area contributed by atoms with Crippen LogP contribution in [0, 0.1) is 0 Å². The molecule has 0 nitrogen and oxygen atoms in total. The third-order valence-corrected chi connectivity index (χ3v) is 3.17. The highest BCUT2D eigenvalue weighted by atomic mass is 14.2. The van der Waals surface area contributed by atoms with Gasteiger partial charge in [0.15, 0.2) is 0 Å². The van der Waals surface area contributed by atoms with Gasteiger partial charge in [-0.15, -0.1) is 0 Å². The molecule has 16 heavy (non-hydrogen) atoms. The average Bonchev–Trinajstić information content (AvgIpc) is 2.15. The van der Waals surface area contributed by atoms with Crippen molar-refractivity contribution in [3.8, 4) is 0 Å². The van der Waals surface area contributed by atoms with Crippen molar-refractivity contribution in [2.24, 2.45) is 0 Å². The van der Waals surface area contributed by atoms with E-state index in [1.807, 2.05) is 0 Å². The molecule has 0 saturated heterocycles. The van der Waals surface area contributed by atoms with Gasteiger partial charge in [-0.3, -0.25) is 0 Å². The summed E-state index contributed by atoms with van der Waals surface area (Å²) < 4.78 is 0. The lowest BCUT2D eigenvalue weighted by atomic mass is 9.79. The van der Waals surface area contributed by atoms with E-state index in [1.165, 1.54) is 16.7 Å². The third-order valence-electron chi connectivity index (χ3n) is 3.17. The minimum atomic E-state index is 0.245. The molecule has 90 valence electrons. The summed E-state index contributed by atoms with van der Waals surface area (Å²) in [5.41, 5.74) is 4.71. The second kappa shape index (κ2) is 4.61. The van der Waals surface area contributed by atoms with Crippen molar-refractivity contribution < 1.29 is 0 Å². The molecule has 0 spiro atoms. The van der Waals surface area contributed by atoms with Crippen molar-refractivity contribution in [1.82, 2.24) is 0 Å². The number of hydrogen-bond donors (Lipinski definition) is 0. The number of hydrogen-bond acceptors (Lipinski definition) is 0. The lowest BCUT2D eigenvalue weighted by molar-refractivity contribution is 0.576. The highest BCUT2D eigenvalue weighted by molar-refractivity contribution is 5.39. The van der Waals surface area contributed by atoms with E-state index in [4.69, 9.17) is 0 Å². The van der Waals surface area contributed by atoms with E-state index < -0.39 is 0 Å². The molecule has 0 radical (unpaired) electrons. The van der Waals surface area contributed by atoms with Gasteiger partial charge in [0.2, 0.25) is 0 Å². The van der Waals surface area contributed by atoms with Crippen molar-refractivity contribution >= 4 is 0 Å². The molecule has 1 aromatic carbocycles. The molecular weight excluding hydrogens is 192 g/mol. The zero-order chi connectivity index (χ0) is 12.5. The summed E-state index contributed by atoms with van der Waals surface area (Å²) in [6, 6.07) is 7.01. The summed E-state index contributed by atoms with van der Waals surface area (Å²) in [4.78, 5) is 0. The van der Waals surface area contributed by atoms with Crippen LogP contribution in [-0.2, 0) is 5.41 Å². The van der Waals surface area contributed by atoms with E-state index in [2.05, 4.69) is 66.7 Å². The van der Waals surface area contributed by atoms with Gasteiger partial charge < -0.3 is 0 Å². The highest BCUT2D eigenvalue weighted by Crippen LogP contribution is 2.32. The topological polar surface area (TPSA) is 0 Å². The summed E-state index contributed by atoms with van der Waals surface area (Å²) in [6.07, 6.45) is 0. The quantitative estimate of drug-likeness (QED) is 0.637. The Hall–Kier alpha value is -0.780. The molecule has 0 amide bonds. The van der Waals surface area contributed by atoms with E-state index in [1.54, 1.807) is 0 Å². The summed E-state index contributed by atoms with van der Waals surface area (Å²) in [5.74, 6) is 1.22. The zero-order valence-corrected chi connectivity index (χ0v) is 11.9. The van der Waals surface area contributed by atoms with Crippen LogP contribution in [0.2, 0.25) is 0 Å². The highest BCUT2D eigenvalue weighted by Gasteiger charge is 2.19. The van der Waals surface area contributed by atoms with Crippen molar-refractivity contribution in [2.75, 3.05) is 0 Å². The van der Waals surface area contributed by atoms with Gasteiger partial charge in [-0.05, 0) is 33.9 Å². The smallest absolute Gasteiger partial charge is 0.0129 e. The fraction of sp³-hybridized carbons (Fsp3) is 0.625. The first-order valence-electron chi connectivity index (χ1n) is 6.37. The maximum Gasteiger partial charge on any atom is -0.0129 e. The third kappa shape index (κ3) is 2.87. The maximum atomic E-state index is 2.40. The first kappa shape index (κ1) is 13.3. The van der Waals surface area contributed by atoms with Gasteiger partial charge in [-0.2, -0.15) is 0 Å². The Balaban J connectivity index is 3.31. The molecular formula is C16H26. The van der Waals surface area contributed by atoms with Crippen molar-refractivity contribution in [3.05, 3.63) is 34.9 Å². The van der Waals surface area contributed by atoms with Gasteiger partial charge in [-0.25, -0.2) is 0 Å². The fourth-order valence-corrected chi connectivity index (χ4v) is 2.10. The SMILES string of the molecule is CC(C)c1ccc(C(C)(C)C)c(C(C)C)c1. The van der Waals surface area contributed by atoms with Crippen LogP contribution in [0.15, 0.2) is 18.2 Å². The van der Waals surface area contributed by atoms with Crippen molar-refractivity contribution in [3.63, 3.8) is 0 Å². The molecule has 0 bridgehead atoms. The lowest BCUT2D eigenvalue weighted by Crippen LogP contribution is -2.15. The largest absolute Gasteiger partial charge is 0.0587 e. The molecule has 0 aromatic heterocycles. The minimum absolute atomic E-state index is 0.245. The first-order valence-corrected chi connectivity index (χ1v) is 6.37. The second-order valence-corrected chi connectivity index (χ2v) is 6.41. The zero-order valence-electron chi connectivity index (χ0n) is 11.9. The lowest BCUT2D eigenvalue weighted by Gasteiger charge is -2.26. The van der Waals surface area contributed by atoms with Crippen LogP contribution in [0.5, 0.6) is 0 Å². The van der Waals surface area contributed by atoms with Gasteiger partial charge in [0.25, 0.3) is 0 Å². The van der Waals surface area contributed by atoms with E-state index >= 15 is 0 Å². The maximum absolute atomic E-state index is 2.40. The summed E-state index contributed by atoms with van der Waals surface area (Å²) >= 11 is 0. The first-order chi connectivity index (χ1) is 7.23. The molecule has 0 atom stereocenters. The predicted octanol–water partition coefficient (Wildman–Crippen LogP) is 5.23. The molecule has 0 aliphatic rings. The van der Waals surface area contributed by atoms with Crippen LogP contribution in [0.25, 0.3) is 0 Å². The van der Waals surface area contributed by atoms with Gasteiger partial charge in [0.05, 0.1) is 0 Å². The van der Waals surface area contributed by atoms with Crippen LogP contribution in [-0.4, -0.2) is 0 Å². The Morgan fingerprint density at radius 3 is 1.81 bits per heavy atom.